The molecule has 2 aromatic carbocycles. The van der Waals surface area contributed by atoms with Crippen LogP contribution in [0, 0.1) is 13.8 Å². The van der Waals surface area contributed by atoms with Crippen LogP contribution in [0.15, 0.2) is 48.5 Å². The van der Waals surface area contributed by atoms with Crippen molar-refractivity contribution in [3.05, 3.63) is 65.4 Å². The molecule has 5 nitrogen and oxygen atoms in total. The summed E-state index contributed by atoms with van der Waals surface area (Å²) in [6, 6.07) is 16.1. The maximum atomic E-state index is 13.3. The van der Waals surface area contributed by atoms with Gasteiger partial charge in [-0.05, 0) is 74.2 Å². The molecule has 0 saturated heterocycles. The molecule has 3 aromatic rings. The predicted molar refractivity (Wildman–Crippen MR) is 119 cm³/mol. The van der Waals surface area contributed by atoms with E-state index in [-0.39, 0.29) is 11.9 Å². The molecule has 1 aliphatic carbocycles. The van der Waals surface area contributed by atoms with Gasteiger partial charge in [-0.15, -0.1) is 0 Å². The van der Waals surface area contributed by atoms with Crippen molar-refractivity contribution in [3.8, 4) is 22.7 Å². The Morgan fingerprint density at radius 2 is 1.77 bits per heavy atom. The number of rotatable bonds is 5. The summed E-state index contributed by atoms with van der Waals surface area (Å²) in [6.07, 6.45) is 5.72. The van der Waals surface area contributed by atoms with Crippen molar-refractivity contribution in [3.63, 3.8) is 0 Å². The van der Waals surface area contributed by atoms with Crippen molar-refractivity contribution >= 4 is 5.91 Å². The van der Waals surface area contributed by atoms with Crippen LogP contribution in [0.3, 0.4) is 0 Å². The van der Waals surface area contributed by atoms with Gasteiger partial charge >= 0.3 is 0 Å². The summed E-state index contributed by atoms with van der Waals surface area (Å²) in [4.78, 5) is 13.3. The molecule has 1 saturated carbocycles. The molecule has 0 atom stereocenters. The molecule has 0 bridgehead atoms. The lowest BCUT2D eigenvalue weighted by atomic mass is 9.95. The Bertz CT molecular complexity index is 1030. The number of aryl methyl sites for hydroxylation is 2. The zero-order chi connectivity index (χ0) is 21.1. The molecule has 1 aliphatic rings. The van der Waals surface area contributed by atoms with Gasteiger partial charge in [0.2, 0.25) is 0 Å². The normalized spacial score (nSPS) is 14.5. The third kappa shape index (κ3) is 4.25. The summed E-state index contributed by atoms with van der Waals surface area (Å²) in [7, 11) is 1.65. The van der Waals surface area contributed by atoms with Crippen LogP contribution >= 0.6 is 0 Å². The van der Waals surface area contributed by atoms with Crippen LogP contribution in [0.5, 0.6) is 5.75 Å². The van der Waals surface area contributed by atoms with E-state index in [1.54, 1.807) is 11.8 Å². The van der Waals surface area contributed by atoms with Gasteiger partial charge < -0.3 is 10.1 Å². The molecule has 1 fully saturated rings. The van der Waals surface area contributed by atoms with Gasteiger partial charge in [0.15, 0.2) is 0 Å². The van der Waals surface area contributed by atoms with E-state index in [0.717, 1.165) is 46.7 Å². The van der Waals surface area contributed by atoms with Crippen LogP contribution in [-0.4, -0.2) is 28.8 Å². The third-order valence-corrected chi connectivity index (χ3v) is 5.86. The van der Waals surface area contributed by atoms with Crippen molar-refractivity contribution in [2.75, 3.05) is 7.11 Å². The average Bonchev–Trinajstić information content (AvgIpc) is 3.21. The molecule has 5 heteroatoms. The van der Waals surface area contributed by atoms with Crippen molar-refractivity contribution in [1.29, 1.82) is 0 Å². The fourth-order valence-electron chi connectivity index (χ4n) is 4.08. The number of methoxy groups -OCH3 is 1. The first-order valence-corrected chi connectivity index (χ1v) is 10.7. The number of amides is 1. The van der Waals surface area contributed by atoms with E-state index in [0.29, 0.717) is 5.69 Å². The lowest BCUT2D eigenvalue weighted by Crippen LogP contribution is -2.37. The van der Waals surface area contributed by atoms with Gasteiger partial charge in [-0.3, -0.25) is 4.79 Å². The second kappa shape index (κ2) is 8.74. The molecule has 1 N–H and O–H groups in total. The molecular formula is C25H29N3O2. The maximum absolute atomic E-state index is 13.3. The quantitative estimate of drug-likeness (QED) is 0.635. The zero-order valence-corrected chi connectivity index (χ0v) is 17.9. The maximum Gasteiger partial charge on any atom is 0.270 e. The molecule has 156 valence electrons. The first-order chi connectivity index (χ1) is 14.5. The van der Waals surface area contributed by atoms with E-state index in [2.05, 4.69) is 30.4 Å². The number of benzene rings is 2. The molecule has 0 unspecified atom stereocenters. The highest BCUT2D eigenvalue weighted by molar-refractivity contribution is 5.94. The minimum Gasteiger partial charge on any atom is -0.497 e. The average molecular weight is 404 g/mol. The van der Waals surface area contributed by atoms with E-state index >= 15 is 0 Å². The highest BCUT2D eigenvalue weighted by Crippen LogP contribution is 2.26. The van der Waals surface area contributed by atoms with E-state index in [1.165, 1.54) is 19.3 Å². The molecule has 0 radical (unpaired) electrons. The summed E-state index contributed by atoms with van der Waals surface area (Å²) in [6.45, 7) is 4.10. The lowest BCUT2D eigenvalue weighted by Gasteiger charge is -2.23. The van der Waals surface area contributed by atoms with E-state index < -0.39 is 0 Å². The van der Waals surface area contributed by atoms with Crippen LogP contribution < -0.4 is 10.1 Å². The summed E-state index contributed by atoms with van der Waals surface area (Å²) in [5.41, 5.74) is 5.44. The van der Waals surface area contributed by atoms with E-state index in [1.807, 2.05) is 37.3 Å². The van der Waals surface area contributed by atoms with Crippen LogP contribution in [0.1, 0.15) is 53.7 Å². The number of carbonyl (C=O) groups is 1. The van der Waals surface area contributed by atoms with Gasteiger partial charge in [0, 0.05) is 11.6 Å². The van der Waals surface area contributed by atoms with Crippen LogP contribution in [0.4, 0.5) is 0 Å². The standard InChI is InChI=1S/C25H29N3O2/c1-17-9-10-18(2)23(15-17)28-24(25(29)26-20-7-5-4-6-8-20)16-22(27-28)19-11-13-21(30-3)14-12-19/h9-16,20H,4-8H2,1-3H3,(H,26,29). The second-order valence-electron chi connectivity index (χ2n) is 8.15. The van der Waals surface area contributed by atoms with Crippen molar-refractivity contribution in [2.45, 2.75) is 52.0 Å². The molecular weight excluding hydrogens is 374 g/mol. The monoisotopic (exact) mass is 403 g/mol. The second-order valence-corrected chi connectivity index (χ2v) is 8.15. The summed E-state index contributed by atoms with van der Waals surface area (Å²) in [5.74, 6) is 0.734. The molecule has 0 spiro atoms. The number of nitrogens with one attached hydrogen (secondary N) is 1. The number of hydrogen-bond acceptors (Lipinski definition) is 3. The highest BCUT2D eigenvalue weighted by atomic mass is 16.5. The Kier molecular flexibility index (Phi) is 5.88. The SMILES string of the molecule is COc1ccc(-c2cc(C(=O)NC3CCCCC3)n(-c3cc(C)ccc3C)n2)cc1. The summed E-state index contributed by atoms with van der Waals surface area (Å²) < 4.78 is 7.06. The Labute approximate surface area is 178 Å². The molecule has 1 heterocycles. The number of carbonyl (C=O) groups excluding carboxylic acids is 1. The Balaban J connectivity index is 1.74. The zero-order valence-electron chi connectivity index (χ0n) is 17.9. The highest BCUT2D eigenvalue weighted by Gasteiger charge is 2.22. The Morgan fingerprint density at radius 3 is 2.47 bits per heavy atom. The lowest BCUT2D eigenvalue weighted by molar-refractivity contribution is 0.0920. The molecule has 1 amide bonds. The molecule has 30 heavy (non-hydrogen) atoms. The fourth-order valence-corrected chi connectivity index (χ4v) is 4.08. The minimum absolute atomic E-state index is 0.0601. The van der Waals surface area contributed by atoms with E-state index in [9.17, 15) is 4.79 Å². The topological polar surface area (TPSA) is 56.1 Å². The first kappa shape index (κ1) is 20.2. The first-order valence-electron chi connectivity index (χ1n) is 10.7. The van der Waals surface area contributed by atoms with Crippen LogP contribution in [0.2, 0.25) is 0 Å². The summed E-state index contributed by atoms with van der Waals surface area (Å²) >= 11 is 0. The van der Waals surface area contributed by atoms with Crippen molar-refractivity contribution in [2.24, 2.45) is 0 Å². The number of nitrogens with zero attached hydrogens (tertiary/aromatic N) is 2. The number of hydrogen-bond donors (Lipinski definition) is 1. The van der Waals surface area contributed by atoms with Crippen molar-refractivity contribution in [1.82, 2.24) is 15.1 Å². The Morgan fingerprint density at radius 1 is 1.03 bits per heavy atom. The molecule has 0 aliphatic heterocycles. The molecule has 4 rings (SSSR count). The van der Waals surface area contributed by atoms with Gasteiger partial charge in [-0.25, -0.2) is 4.68 Å². The van der Waals surface area contributed by atoms with Gasteiger partial charge in [0.1, 0.15) is 11.4 Å². The fraction of sp³-hybridized carbons (Fsp3) is 0.360. The van der Waals surface area contributed by atoms with Gasteiger partial charge in [0.05, 0.1) is 18.5 Å². The largest absolute Gasteiger partial charge is 0.497 e. The Hall–Kier alpha value is -3.08. The number of ether oxygens (including phenoxy) is 1. The van der Waals surface area contributed by atoms with Crippen LogP contribution in [0.25, 0.3) is 16.9 Å². The smallest absolute Gasteiger partial charge is 0.270 e. The summed E-state index contributed by atoms with van der Waals surface area (Å²) in [5, 5.41) is 8.08. The van der Waals surface area contributed by atoms with E-state index in [4.69, 9.17) is 9.84 Å². The number of aromatic nitrogens is 2. The molecule has 1 aromatic heterocycles. The third-order valence-electron chi connectivity index (χ3n) is 5.86. The van der Waals surface area contributed by atoms with Gasteiger partial charge in [0.25, 0.3) is 5.91 Å². The minimum atomic E-state index is -0.0601. The van der Waals surface area contributed by atoms with Gasteiger partial charge in [-0.2, -0.15) is 5.10 Å². The predicted octanol–water partition coefficient (Wildman–Crippen LogP) is 5.23. The van der Waals surface area contributed by atoms with Gasteiger partial charge in [-0.1, -0.05) is 31.4 Å². The van der Waals surface area contributed by atoms with Crippen molar-refractivity contribution < 1.29 is 9.53 Å². The van der Waals surface area contributed by atoms with Crippen LogP contribution in [-0.2, 0) is 0 Å².